The normalized spacial score (nSPS) is 19.9. The van der Waals surface area contributed by atoms with E-state index in [2.05, 4.69) is 0 Å². The molecule has 0 radical (unpaired) electrons. The van der Waals surface area contributed by atoms with Gasteiger partial charge in [0.1, 0.15) is 5.82 Å². The van der Waals surface area contributed by atoms with Gasteiger partial charge in [-0.05, 0) is 43.5 Å². The van der Waals surface area contributed by atoms with Crippen LogP contribution in [0.3, 0.4) is 0 Å². The average Bonchev–Trinajstić information content (AvgIpc) is 2.38. The largest absolute Gasteiger partial charge is 0.338 e. The van der Waals surface area contributed by atoms with Crippen LogP contribution in [0.25, 0.3) is 0 Å². The first-order valence-electron chi connectivity index (χ1n) is 6.06. The quantitative estimate of drug-likeness (QED) is 0.896. The third-order valence-electron chi connectivity index (χ3n) is 3.30. The molecule has 1 aromatic carbocycles. The van der Waals surface area contributed by atoms with Crippen molar-refractivity contribution < 1.29 is 9.18 Å². The van der Waals surface area contributed by atoms with Gasteiger partial charge in [-0.1, -0.05) is 11.6 Å². The highest BCUT2D eigenvalue weighted by atomic mass is 35.5. The van der Waals surface area contributed by atoms with Crippen molar-refractivity contribution in [2.75, 3.05) is 19.6 Å². The van der Waals surface area contributed by atoms with Gasteiger partial charge in [0, 0.05) is 18.1 Å². The molecule has 1 amide bonds. The highest BCUT2D eigenvalue weighted by molar-refractivity contribution is 6.30. The molecule has 5 heteroatoms. The fraction of sp³-hybridized carbons (Fsp3) is 0.462. The molecule has 0 saturated carbocycles. The summed E-state index contributed by atoms with van der Waals surface area (Å²) in [4.78, 5) is 13.9. The molecule has 1 aliphatic rings. The lowest BCUT2D eigenvalue weighted by Gasteiger charge is -2.32. The fourth-order valence-corrected chi connectivity index (χ4v) is 2.43. The molecule has 1 aromatic rings. The molecule has 0 spiro atoms. The van der Waals surface area contributed by atoms with E-state index in [4.69, 9.17) is 17.3 Å². The van der Waals surface area contributed by atoms with Gasteiger partial charge >= 0.3 is 0 Å². The molecule has 1 atom stereocenters. The van der Waals surface area contributed by atoms with E-state index in [0.717, 1.165) is 12.8 Å². The number of hydrogen-bond acceptors (Lipinski definition) is 2. The molecule has 98 valence electrons. The first kappa shape index (κ1) is 13.3. The van der Waals surface area contributed by atoms with Gasteiger partial charge in [0.15, 0.2) is 0 Å². The number of benzene rings is 1. The van der Waals surface area contributed by atoms with Crippen molar-refractivity contribution >= 4 is 17.5 Å². The third-order valence-corrected chi connectivity index (χ3v) is 3.54. The first-order chi connectivity index (χ1) is 8.61. The lowest BCUT2D eigenvalue weighted by Crippen LogP contribution is -2.42. The molecule has 1 heterocycles. The number of nitrogens with two attached hydrogens (primary N) is 1. The van der Waals surface area contributed by atoms with Crippen molar-refractivity contribution in [1.29, 1.82) is 0 Å². The molecule has 1 saturated heterocycles. The number of piperidine rings is 1. The zero-order valence-electron chi connectivity index (χ0n) is 10.0. The van der Waals surface area contributed by atoms with Gasteiger partial charge in [-0.2, -0.15) is 0 Å². The molecule has 1 fully saturated rings. The molecule has 1 unspecified atom stereocenters. The second-order valence-corrected chi connectivity index (χ2v) is 5.06. The number of likely N-dealkylation sites (tertiary alicyclic amines) is 1. The zero-order chi connectivity index (χ0) is 13.1. The van der Waals surface area contributed by atoms with E-state index in [1.54, 1.807) is 4.90 Å². The predicted octanol–water partition coefficient (Wildman–Crippen LogP) is 2.29. The van der Waals surface area contributed by atoms with Crippen molar-refractivity contribution in [3.05, 3.63) is 34.6 Å². The maximum atomic E-state index is 13.7. The number of amides is 1. The van der Waals surface area contributed by atoms with Gasteiger partial charge in [-0.3, -0.25) is 4.79 Å². The summed E-state index contributed by atoms with van der Waals surface area (Å²) >= 11 is 5.67. The maximum absolute atomic E-state index is 13.7. The SMILES string of the molecule is NCC1CCCN(C(=O)c2ccc(Cl)cc2F)C1. The monoisotopic (exact) mass is 270 g/mol. The minimum atomic E-state index is -0.567. The van der Waals surface area contributed by atoms with Crippen molar-refractivity contribution in [3.63, 3.8) is 0 Å². The summed E-state index contributed by atoms with van der Waals surface area (Å²) in [5.74, 6) is -0.525. The van der Waals surface area contributed by atoms with Gasteiger partial charge < -0.3 is 10.6 Å². The van der Waals surface area contributed by atoms with Crippen LogP contribution >= 0.6 is 11.6 Å². The topological polar surface area (TPSA) is 46.3 Å². The Labute approximate surface area is 111 Å². The summed E-state index contributed by atoms with van der Waals surface area (Å²) in [5.41, 5.74) is 5.71. The van der Waals surface area contributed by atoms with Crippen LogP contribution in [0, 0.1) is 11.7 Å². The van der Waals surface area contributed by atoms with E-state index >= 15 is 0 Å². The summed E-state index contributed by atoms with van der Waals surface area (Å²) in [6.07, 6.45) is 1.95. The molecule has 0 aromatic heterocycles. The Morgan fingerprint density at radius 2 is 2.33 bits per heavy atom. The van der Waals surface area contributed by atoms with E-state index in [-0.39, 0.29) is 11.5 Å². The standard InChI is InChI=1S/C13H16ClFN2O/c14-10-3-4-11(12(15)6-10)13(18)17-5-1-2-9(7-16)8-17/h3-4,6,9H,1-2,5,7-8,16H2. The predicted molar refractivity (Wildman–Crippen MR) is 69.1 cm³/mol. The van der Waals surface area contributed by atoms with Gasteiger partial charge in [-0.15, -0.1) is 0 Å². The lowest BCUT2D eigenvalue weighted by atomic mass is 9.97. The lowest BCUT2D eigenvalue weighted by molar-refractivity contribution is 0.0673. The number of carbonyl (C=O) groups excluding carboxylic acids is 1. The molecule has 2 rings (SSSR count). The maximum Gasteiger partial charge on any atom is 0.256 e. The van der Waals surface area contributed by atoms with Crippen LogP contribution in [-0.2, 0) is 0 Å². The molecule has 1 aliphatic heterocycles. The Kier molecular flexibility index (Phi) is 4.19. The van der Waals surface area contributed by atoms with E-state index in [1.807, 2.05) is 0 Å². The van der Waals surface area contributed by atoms with Crippen LogP contribution in [-0.4, -0.2) is 30.4 Å². The van der Waals surface area contributed by atoms with Crippen LogP contribution in [0.15, 0.2) is 18.2 Å². The van der Waals surface area contributed by atoms with Crippen LogP contribution < -0.4 is 5.73 Å². The Morgan fingerprint density at radius 3 is 3.00 bits per heavy atom. The van der Waals surface area contributed by atoms with Crippen molar-refractivity contribution in [1.82, 2.24) is 4.90 Å². The number of nitrogens with zero attached hydrogens (tertiary/aromatic N) is 1. The second kappa shape index (κ2) is 5.67. The van der Waals surface area contributed by atoms with Crippen molar-refractivity contribution in [2.24, 2.45) is 11.7 Å². The van der Waals surface area contributed by atoms with Gasteiger partial charge in [-0.25, -0.2) is 4.39 Å². The summed E-state index contributed by atoms with van der Waals surface area (Å²) in [5, 5.41) is 0.294. The number of halogens is 2. The number of hydrogen-bond donors (Lipinski definition) is 1. The minimum Gasteiger partial charge on any atom is -0.338 e. The number of carbonyl (C=O) groups is 1. The van der Waals surface area contributed by atoms with E-state index < -0.39 is 5.82 Å². The zero-order valence-corrected chi connectivity index (χ0v) is 10.8. The molecule has 0 aliphatic carbocycles. The minimum absolute atomic E-state index is 0.0806. The highest BCUT2D eigenvalue weighted by Crippen LogP contribution is 2.20. The first-order valence-corrected chi connectivity index (χ1v) is 6.44. The van der Waals surface area contributed by atoms with Crippen LogP contribution in [0.5, 0.6) is 0 Å². The summed E-state index contributed by atoms with van der Waals surface area (Å²) in [6.45, 7) is 1.83. The highest BCUT2D eigenvalue weighted by Gasteiger charge is 2.25. The Balaban J connectivity index is 2.15. The fourth-order valence-electron chi connectivity index (χ4n) is 2.28. The van der Waals surface area contributed by atoms with Crippen molar-refractivity contribution in [3.8, 4) is 0 Å². The van der Waals surface area contributed by atoms with E-state index in [9.17, 15) is 9.18 Å². The molecular formula is C13H16ClFN2O. The summed E-state index contributed by atoms with van der Waals surface area (Å²) in [7, 11) is 0. The second-order valence-electron chi connectivity index (χ2n) is 4.62. The van der Waals surface area contributed by atoms with E-state index in [1.165, 1.54) is 18.2 Å². The van der Waals surface area contributed by atoms with Crippen molar-refractivity contribution in [2.45, 2.75) is 12.8 Å². The summed E-state index contributed by atoms with van der Waals surface area (Å²) in [6, 6.07) is 4.13. The smallest absolute Gasteiger partial charge is 0.256 e. The summed E-state index contributed by atoms with van der Waals surface area (Å²) < 4.78 is 13.7. The van der Waals surface area contributed by atoms with Gasteiger partial charge in [0.05, 0.1) is 5.56 Å². The molecule has 3 nitrogen and oxygen atoms in total. The molecule has 18 heavy (non-hydrogen) atoms. The Morgan fingerprint density at radius 1 is 1.56 bits per heavy atom. The number of rotatable bonds is 2. The molecular weight excluding hydrogens is 255 g/mol. The van der Waals surface area contributed by atoms with Gasteiger partial charge in [0.25, 0.3) is 5.91 Å². The van der Waals surface area contributed by atoms with Crippen LogP contribution in [0.2, 0.25) is 5.02 Å². The van der Waals surface area contributed by atoms with Crippen LogP contribution in [0.1, 0.15) is 23.2 Å². The van der Waals surface area contributed by atoms with E-state index in [0.29, 0.717) is 30.6 Å². The van der Waals surface area contributed by atoms with Crippen LogP contribution in [0.4, 0.5) is 4.39 Å². The average molecular weight is 271 g/mol. The molecule has 0 bridgehead atoms. The van der Waals surface area contributed by atoms with Gasteiger partial charge in [0.2, 0.25) is 0 Å². The Hall–Kier alpha value is -1.13. The molecule has 2 N–H and O–H groups in total. The Bertz CT molecular complexity index is 453. The third kappa shape index (κ3) is 2.82.